The van der Waals surface area contributed by atoms with Gasteiger partial charge in [0.05, 0.1) is 18.8 Å². The second-order valence-corrected chi connectivity index (χ2v) is 4.92. The normalized spacial score (nSPS) is 13.5. The molecule has 124 valence electrons. The van der Waals surface area contributed by atoms with Gasteiger partial charge in [-0.2, -0.15) is 0 Å². The average Bonchev–Trinajstić information content (AvgIpc) is 2.45. The summed E-state index contributed by atoms with van der Waals surface area (Å²) >= 11 is 0. The molecule has 5 nitrogen and oxygen atoms in total. The maximum atomic E-state index is 13.7. The van der Waals surface area contributed by atoms with Gasteiger partial charge in [-0.1, -0.05) is 13.0 Å². The molecule has 0 spiro atoms. The van der Waals surface area contributed by atoms with Gasteiger partial charge < -0.3 is 20.5 Å². The number of methoxy groups -OCH3 is 1. The SMILES string of the molecule is CCC(NC(=O)NCCC(O)COC)c1ccc(F)cc1F. The number of carbonyl (C=O) groups is 1. The Bertz CT molecular complexity index is 486. The fourth-order valence-corrected chi connectivity index (χ4v) is 2.02. The van der Waals surface area contributed by atoms with Gasteiger partial charge in [-0.3, -0.25) is 0 Å². The van der Waals surface area contributed by atoms with Crippen molar-refractivity contribution in [3.63, 3.8) is 0 Å². The fourth-order valence-electron chi connectivity index (χ4n) is 2.02. The van der Waals surface area contributed by atoms with E-state index in [0.717, 1.165) is 12.1 Å². The van der Waals surface area contributed by atoms with Crippen molar-refractivity contribution in [3.05, 3.63) is 35.4 Å². The molecule has 0 saturated carbocycles. The number of aliphatic hydroxyl groups excluding tert-OH is 1. The second-order valence-electron chi connectivity index (χ2n) is 4.92. The lowest BCUT2D eigenvalue weighted by molar-refractivity contribution is 0.0598. The summed E-state index contributed by atoms with van der Waals surface area (Å²) in [5, 5.41) is 14.6. The molecular weight excluding hydrogens is 294 g/mol. The first-order chi connectivity index (χ1) is 10.5. The Morgan fingerprint density at radius 2 is 2.14 bits per heavy atom. The van der Waals surface area contributed by atoms with Crippen molar-refractivity contribution in [2.24, 2.45) is 0 Å². The van der Waals surface area contributed by atoms with E-state index in [0.29, 0.717) is 12.8 Å². The van der Waals surface area contributed by atoms with E-state index in [1.807, 2.05) is 0 Å². The molecule has 0 heterocycles. The Kier molecular flexibility index (Phi) is 7.76. The Morgan fingerprint density at radius 1 is 1.41 bits per heavy atom. The molecule has 0 saturated heterocycles. The first-order valence-corrected chi connectivity index (χ1v) is 7.14. The number of aliphatic hydroxyl groups is 1. The van der Waals surface area contributed by atoms with Crippen LogP contribution in [0.1, 0.15) is 31.4 Å². The molecule has 2 atom stereocenters. The lowest BCUT2D eigenvalue weighted by Crippen LogP contribution is -2.39. The van der Waals surface area contributed by atoms with Crippen molar-refractivity contribution in [2.45, 2.75) is 31.9 Å². The maximum absolute atomic E-state index is 13.7. The van der Waals surface area contributed by atoms with Crippen LogP contribution in [0.3, 0.4) is 0 Å². The Labute approximate surface area is 128 Å². The molecule has 0 aliphatic heterocycles. The summed E-state index contributed by atoms with van der Waals surface area (Å²) in [6.45, 7) is 2.25. The van der Waals surface area contributed by atoms with Crippen LogP contribution in [-0.2, 0) is 4.74 Å². The molecule has 0 bridgehead atoms. The van der Waals surface area contributed by atoms with Gasteiger partial charge in [0.25, 0.3) is 0 Å². The van der Waals surface area contributed by atoms with Gasteiger partial charge in [0, 0.05) is 25.3 Å². The van der Waals surface area contributed by atoms with Crippen molar-refractivity contribution in [1.29, 1.82) is 0 Å². The fraction of sp³-hybridized carbons (Fsp3) is 0.533. The van der Waals surface area contributed by atoms with Gasteiger partial charge in [0.1, 0.15) is 11.6 Å². The lowest BCUT2D eigenvalue weighted by atomic mass is 10.0. The molecule has 1 aromatic carbocycles. The number of rotatable bonds is 8. The third kappa shape index (κ3) is 5.95. The van der Waals surface area contributed by atoms with Gasteiger partial charge in [-0.15, -0.1) is 0 Å². The Balaban J connectivity index is 2.50. The van der Waals surface area contributed by atoms with Crippen LogP contribution in [0.5, 0.6) is 0 Å². The summed E-state index contributed by atoms with van der Waals surface area (Å²) in [5.41, 5.74) is 0.235. The first kappa shape index (κ1) is 18.3. The first-order valence-electron chi connectivity index (χ1n) is 7.14. The van der Waals surface area contributed by atoms with E-state index in [1.54, 1.807) is 6.92 Å². The summed E-state index contributed by atoms with van der Waals surface area (Å²) in [5.74, 6) is -1.35. The number of urea groups is 1. The number of ether oxygens (including phenoxy) is 1. The number of nitrogens with one attached hydrogen (secondary N) is 2. The summed E-state index contributed by atoms with van der Waals surface area (Å²) in [4.78, 5) is 11.8. The van der Waals surface area contributed by atoms with E-state index in [4.69, 9.17) is 4.74 Å². The highest BCUT2D eigenvalue weighted by molar-refractivity contribution is 5.74. The van der Waals surface area contributed by atoms with E-state index >= 15 is 0 Å². The number of carbonyl (C=O) groups excluding carboxylic acids is 1. The summed E-state index contributed by atoms with van der Waals surface area (Å²) in [7, 11) is 1.48. The highest BCUT2D eigenvalue weighted by atomic mass is 19.1. The molecule has 0 fully saturated rings. The highest BCUT2D eigenvalue weighted by Gasteiger charge is 2.17. The lowest BCUT2D eigenvalue weighted by Gasteiger charge is -2.19. The van der Waals surface area contributed by atoms with E-state index < -0.39 is 29.8 Å². The third-order valence-electron chi connectivity index (χ3n) is 3.17. The standard InChI is InChI=1S/C15H22F2N2O3/c1-3-14(12-5-4-10(16)8-13(12)17)19-15(21)18-7-6-11(20)9-22-2/h4-5,8,11,14,20H,3,6-7,9H2,1-2H3,(H2,18,19,21). The molecule has 22 heavy (non-hydrogen) atoms. The molecule has 0 aromatic heterocycles. The van der Waals surface area contributed by atoms with E-state index in [2.05, 4.69) is 10.6 Å². The Morgan fingerprint density at radius 3 is 2.73 bits per heavy atom. The van der Waals surface area contributed by atoms with Crippen LogP contribution in [-0.4, -0.2) is 37.5 Å². The van der Waals surface area contributed by atoms with Crippen molar-refractivity contribution in [3.8, 4) is 0 Å². The number of amides is 2. The predicted molar refractivity (Wildman–Crippen MR) is 78.4 cm³/mol. The van der Waals surface area contributed by atoms with Crippen LogP contribution in [0.4, 0.5) is 13.6 Å². The number of hydrogen-bond donors (Lipinski definition) is 3. The molecule has 0 radical (unpaired) electrons. The molecule has 1 rings (SSSR count). The Hall–Kier alpha value is -1.73. The van der Waals surface area contributed by atoms with Crippen LogP contribution in [0.15, 0.2) is 18.2 Å². The monoisotopic (exact) mass is 316 g/mol. The van der Waals surface area contributed by atoms with Gasteiger partial charge in [-0.05, 0) is 18.9 Å². The zero-order valence-corrected chi connectivity index (χ0v) is 12.7. The zero-order valence-electron chi connectivity index (χ0n) is 12.7. The van der Waals surface area contributed by atoms with Gasteiger partial charge >= 0.3 is 6.03 Å². The minimum atomic E-state index is -0.692. The molecule has 0 aliphatic rings. The predicted octanol–water partition coefficient (Wildman–Crippen LogP) is 2.11. The largest absolute Gasteiger partial charge is 0.391 e. The smallest absolute Gasteiger partial charge is 0.315 e. The van der Waals surface area contributed by atoms with Crippen molar-refractivity contribution in [2.75, 3.05) is 20.3 Å². The third-order valence-corrected chi connectivity index (χ3v) is 3.17. The quantitative estimate of drug-likeness (QED) is 0.688. The van der Waals surface area contributed by atoms with Gasteiger partial charge in [0.15, 0.2) is 0 Å². The maximum Gasteiger partial charge on any atom is 0.315 e. The molecule has 7 heteroatoms. The van der Waals surface area contributed by atoms with Crippen molar-refractivity contribution < 1.29 is 23.4 Å². The van der Waals surface area contributed by atoms with E-state index in [-0.39, 0.29) is 18.7 Å². The minimum absolute atomic E-state index is 0.196. The van der Waals surface area contributed by atoms with Crippen LogP contribution in [0.25, 0.3) is 0 Å². The molecule has 2 unspecified atom stereocenters. The number of hydrogen-bond acceptors (Lipinski definition) is 3. The molecule has 3 N–H and O–H groups in total. The zero-order chi connectivity index (χ0) is 16.5. The summed E-state index contributed by atoms with van der Waals surface area (Å²) in [6, 6.07) is 2.24. The molecule has 0 aliphatic carbocycles. The van der Waals surface area contributed by atoms with Crippen LogP contribution in [0.2, 0.25) is 0 Å². The molecular formula is C15H22F2N2O3. The van der Waals surface area contributed by atoms with Gasteiger partial charge in [-0.25, -0.2) is 13.6 Å². The number of halogens is 2. The number of benzene rings is 1. The second kappa shape index (κ2) is 9.32. The van der Waals surface area contributed by atoms with Gasteiger partial charge in [0.2, 0.25) is 0 Å². The summed E-state index contributed by atoms with van der Waals surface area (Å²) in [6.07, 6.45) is 0.160. The van der Waals surface area contributed by atoms with E-state index in [1.165, 1.54) is 13.2 Å². The van der Waals surface area contributed by atoms with Crippen LogP contribution >= 0.6 is 0 Å². The topological polar surface area (TPSA) is 70.6 Å². The van der Waals surface area contributed by atoms with Crippen molar-refractivity contribution in [1.82, 2.24) is 10.6 Å². The van der Waals surface area contributed by atoms with Crippen LogP contribution in [0, 0.1) is 11.6 Å². The highest BCUT2D eigenvalue weighted by Crippen LogP contribution is 2.20. The summed E-state index contributed by atoms with van der Waals surface area (Å²) < 4.78 is 31.4. The van der Waals surface area contributed by atoms with E-state index in [9.17, 15) is 18.7 Å². The van der Waals surface area contributed by atoms with Crippen molar-refractivity contribution >= 4 is 6.03 Å². The molecule has 1 aromatic rings. The average molecular weight is 316 g/mol. The van der Waals surface area contributed by atoms with Crippen LogP contribution < -0.4 is 10.6 Å². The molecule has 2 amide bonds. The minimum Gasteiger partial charge on any atom is -0.391 e.